The number of nitrogens with zero attached hydrogens (tertiary/aromatic N) is 1. The van der Waals surface area contributed by atoms with Gasteiger partial charge >= 0.3 is 0 Å². The summed E-state index contributed by atoms with van der Waals surface area (Å²) in [7, 11) is 0. The van der Waals surface area contributed by atoms with E-state index in [2.05, 4.69) is 5.32 Å². The van der Waals surface area contributed by atoms with E-state index < -0.39 is 0 Å². The Morgan fingerprint density at radius 1 is 1.05 bits per heavy atom. The van der Waals surface area contributed by atoms with Gasteiger partial charge < -0.3 is 16.0 Å². The fraction of sp³-hybridized carbons (Fsp3) is 0.857. The summed E-state index contributed by atoms with van der Waals surface area (Å²) in [6, 6.07) is 0.415. The van der Waals surface area contributed by atoms with Gasteiger partial charge in [-0.3, -0.25) is 9.59 Å². The van der Waals surface area contributed by atoms with Crippen molar-refractivity contribution < 1.29 is 9.59 Å². The average Bonchev–Trinajstić information content (AvgIpc) is 2.59. The summed E-state index contributed by atoms with van der Waals surface area (Å²) < 4.78 is 0. The summed E-state index contributed by atoms with van der Waals surface area (Å²) in [5.74, 6) is 2.16. The minimum absolute atomic E-state index is 0. The Balaban J connectivity index is 0.00000147. The molecule has 2 saturated carbocycles. The van der Waals surface area contributed by atoms with Gasteiger partial charge in [0.15, 0.2) is 0 Å². The van der Waals surface area contributed by atoms with Crippen LogP contribution in [-0.4, -0.2) is 42.4 Å². The predicted octanol–water partition coefficient (Wildman–Crippen LogP) is 0.520. The van der Waals surface area contributed by atoms with Crippen molar-refractivity contribution in [3.8, 4) is 0 Å². The van der Waals surface area contributed by atoms with E-state index in [0.717, 1.165) is 18.4 Å². The van der Waals surface area contributed by atoms with Crippen LogP contribution < -0.4 is 11.1 Å². The van der Waals surface area contributed by atoms with Gasteiger partial charge in [-0.25, -0.2) is 0 Å². The molecule has 2 saturated heterocycles. The highest BCUT2D eigenvalue weighted by atomic mass is 35.5. The summed E-state index contributed by atoms with van der Waals surface area (Å²) >= 11 is 0. The average molecular weight is 302 g/mol. The van der Waals surface area contributed by atoms with Crippen LogP contribution in [0.1, 0.15) is 32.1 Å². The van der Waals surface area contributed by atoms with Crippen LogP contribution in [0, 0.1) is 17.8 Å². The number of carbonyl (C=O) groups is 2. The van der Waals surface area contributed by atoms with Gasteiger partial charge in [-0.05, 0) is 49.9 Å². The first-order valence-corrected chi connectivity index (χ1v) is 7.42. The topological polar surface area (TPSA) is 75.4 Å². The molecule has 5 nitrogen and oxygen atoms in total. The Morgan fingerprint density at radius 2 is 1.65 bits per heavy atom. The van der Waals surface area contributed by atoms with Gasteiger partial charge in [0.2, 0.25) is 11.8 Å². The number of halogens is 1. The fourth-order valence-electron chi connectivity index (χ4n) is 4.44. The molecule has 2 heterocycles. The zero-order valence-corrected chi connectivity index (χ0v) is 12.5. The monoisotopic (exact) mass is 301 g/mol. The molecule has 2 amide bonds. The lowest BCUT2D eigenvalue weighted by atomic mass is 9.68. The maximum Gasteiger partial charge on any atom is 0.242 e. The first kappa shape index (κ1) is 15.6. The van der Waals surface area contributed by atoms with Crippen molar-refractivity contribution in [3.05, 3.63) is 0 Å². The quantitative estimate of drug-likeness (QED) is 0.798. The first-order valence-electron chi connectivity index (χ1n) is 7.42. The number of nitrogens with two attached hydrogens (primary N) is 1. The molecule has 3 N–H and O–H groups in total. The Hall–Kier alpha value is -0.810. The summed E-state index contributed by atoms with van der Waals surface area (Å²) in [4.78, 5) is 25.5. The highest BCUT2D eigenvalue weighted by Crippen LogP contribution is 2.47. The van der Waals surface area contributed by atoms with Gasteiger partial charge in [-0.1, -0.05) is 0 Å². The van der Waals surface area contributed by atoms with E-state index in [1.165, 1.54) is 32.1 Å². The number of nitrogens with one attached hydrogen (secondary N) is 1. The van der Waals surface area contributed by atoms with E-state index in [9.17, 15) is 9.59 Å². The third-order valence-electron chi connectivity index (χ3n) is 5.05. The minimum atomic E-state index is -0.256. The van der Waals surface area contributed by atoms with Crippen molar-refractivity contribution in [1.82, 2.24) is 10.2 Å². The molecule has 2 unspecified atom stereocenters. The van der Waals surface area contributed by atoms with E-state index in [1.54, 1.807) is 0 Å². The summed E-state index contributed by atoms with van der Waals surface area (Å²) in [5.41, 5.74) is 5.23. The summed E-state index contributed by atoms with van der Waals surface area (Å²) in [6.45, 7) is 0.951. The summed E-state index contributed by atoms with van der Waals surface area (Å²) in [6.07, 6.45) is 6.31. The molecule has 20 heavy (non-hydrogen) atoms. The zero-order chi connectivity index (χ0) is 13.4. The molecule has 2 atom stereocenters. The molecule has 2 aliphatic heterocycles. The highest BCUT2D eigenvalue weighted by molar-refractivity contribution is 5.86. The Bertz CT molecular complexity index is 377. The lowest BCUT2D eigenvalue weighted by molar-refractivity contribution is -0.135. The lowest BCUT2D eigenvalue weighted by Crippen LogP contribution is -2.47. The van der Waals surface area contributed by atoms with Crippen molar-refractivity contribution in [2.75, 3.05) is 19.6 Å². The SMILES string of the molecule is Cl.NCC(=O)NCC(=O)N1CC2CC3CC(C2)CC1C3. The molecule has 0 radical (unpaired) electrons. The van der Waals surface area contributed by atoms with Crippen LogP contribution in [0.5, 0.6) is 0 Å². The number of hydrogen-bond acceptors (Lipinski definition) is 3. The maximum absolute atomic E-state index is 12.3. The van der Waals surface area contributed by atoms with Crippen molar-refractivity contribution in [2.24, 2.45) is 23.5 Å². The fourth-order valence-corrected chi connectivity index (χ4v) is 4.44. The van der Waals surface area contributed by atoms with E-state index in [1.807, 2.05) is 4.90 Å². The number of carbonyl (C=O) groups excluding carboxylic acids is 2. The number of amides is 2. The second kappa shape index (κ2) is 6.31. The van der Waals surface area contributed by atoms with Gasteiger partial charge in [0.05, 0.1) is 13.1 Å². The van der Waals surface area contributed by atoms with Gasteiger partial charge in [-0.15, -0.1) is 12.4 Å². The molecule has 114 valence electrons. The van der Waals surface area contributed by atoms with Crippen LogP contribution >= 0.6 is 12.4 Å². The minimum Gasteiger partial charge on any atom is -0.346 e. The van der Waals surface area contributed by atoms with Gasteiger partial charge in [0.1, 0.15) is 0 Å². The van der Waals surface area contributed by atoms with Crippen LogP contribution in [0.25, 0.3) is 0 Å². The molecular formula is C14H24ClN3O2. The van der Waals surface area contributed by atoms with E-state index in [-0.39, 0.29) is 37.3 Å². The molecule has 0 aromatic carbocycles. The van der Waals surface area contributed by atoms with Crippen LogP contribution in [0.15, 0.2) is 0 Å². The molecule has 0 aromatic heterocycles. The second-order valence-electron chi connectivity index (χ2n) is 6.46. The van der Waals surface area contributed by atoms with Gasteiger partial charge in [0, 0.05) is 12.6 Å². The molecule has 2 aliphatic carbocycles. The first-order chi connectivity index (χ1) is 9.15. The van der Waals surface area contributed by atoms with E-state index >= 15 is 0 Å². The molecule has 0 spiro atoms. The van der Waals surface area contributed by atoms with Crippen LogP contribution in [0.2, 0.25) is 0 Å². The molecular weight excluding hydrogens is 278 g/mol. The Labute approximate surface area is 126 Å². The molecule has 4 rings (SSSR count). The van der Waals surface area contributed by atoms with Crippen molar-refractivity contribution in [1.29, 1.82) is 0 Å². The molecule has 4 fully saturated rings. The Morgan fingerprint density at radius 3 is 2.25 bits per heavy atom. The zero-order valence-electron chi connectivity index (χ0n) is 11.7. The van der Waals surface area contributed by atoms with Gasteiger partial charge in [-0.2, -0.15) is 0 Å². The lowest BCUT2D eigenvalue weighted by Gasteiger charge is -2.39. The van der Waals surface area contributed by atoms with Crippen LogP contribution in [-0.2, 0) is 9.59 Å². The van der Waals surface area contributed by atoms with E-state index in [0.29, 0.717) is 12.0 Å². The number of fused-ring (bicyclic) bond motifs is 1. The normalized spacial score (nSPS) is 34.4. The van der Waals surface area contributed by atoms with Crippen LogP contribution in [0.3, 0.4) is 0 Å². The van der Waals surface area contributed by atoms with Gasteiger partial charge in [0.25, 0.3) is 0 Å². The van der Waals surface area contributed by atoms with Crippen LogP contribution in [0.4, 0.5) is 0 Å². The van der Waals surface area contributed by atoms with E-state index in [4.69, 9.17) is 5.73 Å². The number of rotatable bonds is 3. The largest absolute Gasteiger partial charge is 0.346 e. The molecule has 4 bridgehead atoms. The predicted molar refractivity (Wildman–Crippen MR) is 78.4 cm³/mol. The maximum atomic E-state index is 12.3. The second-order valence-corrected chi connectivity index (χ2v) is 6.46. The standard InChI is InChI=1S/C14H23N3O2.ClH/c15-6-13(18)16-7-14(19)17-8-11-2-9-1-10(3-11)5-12(17)4-9;/h9-12H,1-8,15H2,(H,16,18);1H. The van der Waals surface area contributed by atoms with Crippen molar-refractivity contribution in [2.45, 2.75) is 38.1 Å². The highest BCUT2D eigenvalue weighted by Gasteiger charge is 2.43. The third kappa shape index (κ3) is 3.09. The molecule has 0 aromatic rings. The van der Waals surface area contributed by atoms with Crippen molar-refractivity contribution in [3.63, 3.8) is 0 Å². The summed E-state index contributed by atoms with van der Waals surface area (Å²) in [5, 5.41) is 2.60. The Kier molecular flexibility index (Phi) is 4.91. The molecule has 6 heteroatoms. The smallest absolute Gasteiger partial charge is 0.242 e. The van der Waals surface area contributed by atoms with Crippen molar-refractivity contribution >= 4 is 24.2 Å². The third-order valence-corrected chi connectivity index (χ3v) is 5.05. The molecule has 4 aliphatic rings. The number of hydrogen-bond donors (Lipinski definition) is 2.